The minimum absolute atomic E-state index is 0.618. The quantitative estimate of drug-likeness (QED) is 0.751. The van der Waals surface area contributed by atoms with Gasteiger partial charge in [-0.2, -0.15) is 10.4 Å². The first-order valence-electron chi connectivity index (χ1n) is 6.29. The van der Waals surface area contributed by atoms with E-state index >= 15 is 0 Å². The van der Waals surface area contributed by atoms with Crippen LogP contribution in [-0.2, 0) is 20.0 Å². The van der Waals surface area contributed by atoms with Crippen LogP contribution in [0.1, 0.15) is 11.3 Å². The van der Waals surface area contributed by atoms with Crippen molar-refractivity contribution in [1.82, 2.24) is 19.3 Å². The normalized spacial score (nSPS) is 10.8. The molecule has 0 aliphatic rings. The fourth-order valence-corrected chi connectivity index (χ4v) is 2.66. The zero-order chi connectivity index (χ0) is 14.1. The molecule has 2 aromatic heterocycles. The first kappa shape index (κ1) is 12.6. The highest BCUT2D eigenvalue weighted by Crippen LogP contribution is 2.18. The van der Waals surface area contributed by atoms with Crippen molar-refractivity contribution in [2.45, 2.75) is 13.0 Å². The van der Waals surface area contributed by atoms with Crippen molar-refractivity contribution < 1.29 is 0 Å². The number of aromatic nitrogens is 4. The first-order chi connectivity index (χ1) is 9.70. The molecule has 0 bridgehead atoms. The number of aryl methyl sites for hydroxylation is 3. The van der Waals surface area contributed by atoms with Gasteiger partial charge in [0.25, 0.3) is 0 Å². The Balaban J connectivity index is 2.00. The van der Waals surface area contributed by atoms with E-state index in [-0.39, 0.29) is 0 Å². The summed E-state index contributed by atoms with van der Waals surface area (Å²) in [6.07, 6.45) is 2.63. The summed E-state index contributed by atoms with van der Waals surface area (Å²) in [4.78, 5) is 3.12. The molecule has 100 valence electrons. The molecule has 1 N–H and O–H groups in total. The van der Waals surface area contributed by atoms with E-state index in [1.807, 2.05) is 34.5 Å². The molecule has 20 heavy (non-hydrogen) atoms. The van der Waals surface area contributed by atoms with Crippen LogP contribution in [0, 0.1) is 16.1 Å². The largest absolute Gasteiger partial charge is 0.329 e. The summed E-state index contributed by atoms with van der Waals surface area (Å²) in [5.41, 5.74) is 3.55. The first-order valence-corrected chi connectivity index (χ1v) is 6.70. The standard InChI is InChI=1S/C14H13N5S/c1-18-11(5-7-16-18)6-8-19-12-4-2-3-10(9-15)13(12)17-14(19)20/h2-5,7H,6,8H2,1H3,(H,17,20). The van der Waals surface area contributed by atoms with Gasteiger partial charge in [0, 0.05) is 31.9 Å². The zero-order valence-corrected chi connectivity index (χ0v) is 11.8. The lowest BCUT2D eigenvalue weighted by atomic mass is 10.2. The van der Waals surface area contributed by atoms with Gasteiger partial charge in [-0.05, 0) is 30.4 Å². The van der Waals surface area contributed by atoms with Crippen molar-refractivity contribution in [3.05, 3.63) is 46.5 Å². The number of para-hydroxylation sites is 1. The molecule has 0 spiro atoms. The second kappa shape index (κ2) is 4.94. The monoisotopic (exact) mass is 283 g/mol. The van der Waals surface area contributed by atoms with E-state index in [1.165, 1.54) is 0 Å². The fraction of sp³-hybridized carbons (Fsp3) is 0.214. The molecule has 0 saturated carbocycles. The van der Waals surface area contributed by atoms with E-state index in [0.29, 0.717) is 10.3 Å². The van der Waals surface area contributed by atoms with Gasteiger partial charge in [-0.25, -0.2) is 0 Å². The van der Waals surface area contributed by atoms with Crippen molar-refractivity contribution in [3.8, 4) is 6.07 Å². The van der Waals surface area contributed by atoms with Crippen LogP contribution in [0.3, 0.4) is 0 Å². The number of imidazole rings is 1. The molecule has 1 aromatic carbocycles. The van der Waals surface area contributed by atoms with Crippen LogP contribution in [-0.4, -0.2) is 19.3 Å². The number of benzene rings is 1. The molecule has 0 unspecified atom stereocenters. The summed E-state index contributed by atoms with van der Waals surface area (Å²) in [7, 11) is 1.93. The highest BCUT2D eigenvalue weighted by molar-refractivity contribution is 7.71. The van der Waals surface area contributed by atoms with Crippen LogP contribution in [0.15, 0.2) is 30.5 Å². The summed E-state index contributed by atoms with van der Waals surface area (Å²) in [6.45, 7) is 0.757. The molecular weight excluding hydrogens is 270 g/mol. The predicted molar refractivity (Wildman–Crippen MR) is 78.7 cm³/mol. The molecule has 0 fully saturated rings. The van der Waals surface area contributed by atoms with Crippen LogP contribution >= 0.6 is 12.2 Å². The Labute approximate surface area is 121 Å². The molecule has 0 radical (unpaired) electrons. The van der Waals surface area contributed by atoms with Gasteiger partial charge in [-0.3, -0.25) is 4.68 Å². The average Bonchev–Trinajstić information content (AvgIpc) is 2.99. The summed E-state index contributed by atoms with van der Waals surface area (Å²) < 4.78 is 4.53. The molecule has 3 aromatic rings. The molecule has 0 aliphatic heterocycles. The molecule has 0 amide bonds. The second-order valence-corrected chi connectivity index (χ2v) is 4.98. The minimum atomic E-state index is 0.618. The number of hydrogen-bond donors (Lipinski definition) is 1. The van der Waals surface area contributed by atoms with Gasteiger partial charge in [0.15, 0.2) is 4.77 Å². The summed E-state index contributed by atoms with van der Waals surface area (Å²) in [5.74, 6) is 0. The lowest BCUT2D eigenvalue weighted by molar-refractivity contribution is 0.642. The van der Waals surface area contributed by atoms with E-state index in [1.54, 1.807) is 12.3 Å². The van der Waals surface area contributed by atoms with Gasteiger partial charge in [-0.15, -0.1) is 0 Å². The summed E-state index contributed by atoms with van der Waals surface area (Å²) >= 11 is 5.36. The van der Waals surface area contributed by atoms with Crippen molar-refractivity contribution in [2.75, 3.05) is 0 Å². The van der Waals surface area contributed by atoms with E-state index in [9.17, 15) is 0 Å². The number of nitrogens with one attached hydrogen (secondary N) is 1. The lowest BCUT2D eigenvalue weighted by Gasteiger charge is -2.05. The van der Waals surface area contributed by atoms with Gasteiger partial charge in [0.05, 0.1) is 16.6 Å². The van der Waals surface area contributed by atoms with Crippen LogP contribution in [0.5, 0.6) is 0 Å². The summed E-state index contributed by atoms with van der Waals surface area (Å²) in [5, 5.41) is 13.3. The van der Waals surface area contributed by atoms with E-state index in [0.717, 1.165) is 29.7 Å². The minimum Gasteiger partial charge on any atom is -0.329 e. The third kappa shape index (κ3) is 2.02. The molecular formula is C14H13N5S. The maximum absolute atomic E-state index is 9.13. The van der Waals surface area contributed by atoms with Crippen LogP contribution in [0.4, 0.5) is 0 Å². The molecule has 0 saturated heterocycles. The van der Waals surface area contributed by atoms with Crippen molar-refractivity contribution in [3.63, 3.8) is 0 Å². The maximum Gasteiger partial charge on any atom is 0.178 e. The molecule has 5 nitrogen and oxygen atoms in total. The molecule has 6 heteroatoms. The molecule has 3 rings (SSSR count). The molecule has 0 atom stereocenters. The second-order valence-electron chi connectivity index (χ2n) is 4.59. The lowest BCUT2D eigenvalue weighted by Crippen LogP contribution is -2.05. The maximum atomic E-state index is 9.13. The number of aromatic amines is 1. The van der Waals surface area contributed by atoms with Gasteiger partial charge >= 0.3 is 0 Å². The smallest absolute Gasteiger partial charge is 0.178 e. The fourth-order valence-electron chi connectivity index (χ4n) is 2.37. The van der Waals surface area contributed by atoms with Crippen LogP contribution < -0.4 is 0 Å². The Kier molecular flexibility index (Phi) is 3.12. The van der Waals surface area contributed by atoms with Crippen molar-refractivity contribution >= 4 is 23.3 Å². The Bertz CT molecular complexity index is 862. The predicted octanol–water partition coefficient (Wildman–Crippen LogP) is 2.55. The number of rotatable bonds is 3. The van der Waals surface area contributed by atoms with Crippen molar-refractivity contribution in [1.29, 1.82) is 5.26 Å². The third-order valence-electron chi connectivity index (χ3n) is 3.44. The summed E-state index contributed by atoms with van der Waals surface area (Å²) in [6, 6.07) is 9.83. The van der Waals surface area contributed by atoms with Gasteiger partial charge in [0.1, 0.15) is 6.07 Å². The van der Waals surface area contributed by atoms with Gasteiger partial charge in [0.2, 0.25) is 0 Å². The average molecular weight is 283 g/mol. The molecule has 0 aliphatic carbocycles. The number of hydrogen-bond acceptors (Lipinski definition) is 3. The zero-order valence-electron chi connectivity index (χ0n) is 11.0. The molecule has 2 heterocycles. The Hall–Kier alpha value is -2.39. The van der Waals surface area contributed by atoms with Gasteiger partial charge < -0.3 is 9.55 Å². The highest BCUT2D eigenvalue weighted by atomic mass is 32.1. The Morgan fingerprint density at radius 3 is 2.95 bits per heavy atom. The number of nitriles is 1. The number of H-pyrrole nitrogens is 1. The Morgan fingerprint density at radius 2 is 2.25 bits per heavy atom. The van der Waals surface area contributed by atoms with Crippen LogP contribution in [0.2, 0.25) is 0 Å². The van der Waals surface area contributed by atoms with E-state index in [4.69, 9.17) is 17.5 Å². The highest BCUT2D eigenvalue weighted by Gasteiger charge is 2.08. The topological polar surface area (TPSA) is 62.3 Å². The number of fused-ring (bicyclic) bond motifs is 1. The van der Waals surface area contributed by atoms with Crippen LogP contribution in [0.25, 0.3) is 11.0 Å². The van der Waals surface area contributed by atoms with E-state index in [2.05, 4.69) is 16.2 Å². The van der Waals surface area contributed by atoms with Gasteiger partial charge in [-0.1, -0.05) is 6.07 Å². The van der Waals surface area contributed by atoms with E-state index < -0.39 is 0 Å². The Morgan fingerprint density at radius 1 is 1.40 bits per heavy atom. The number of nitrogens with zero attached hydrogens (tertiary/aromatic N) is 4. The van der Waals surface area contributed by atoms with Crippen molar-refractivity contribution in [2.24, 2.45) is 7.05 Å². The SMILES string of the molecule is Cn1nccc1CCn1c(=S)[nH]c2c(C#N)cccc21. The third-order valence-corrected chi connectivity index (χ3v) is 3.77.